The molecule has 0 spiro atoms. The highest BCUT2D eigenvalue weighted by molar-refractivity contribution is 4.94. The van der Waals surface area contributed by atoms with Crippen LogP contribution >= 0.6 is 0 Å². The highest BCUT2D eigenvalue weighted by Gasteiger charge is 2.24. The first kappa shape index (κ1) is 14.2. The molecule has 0 fully saturated rings. The number of rotatable bonds is 6. The van der Waals surface area contributed by atoms with E-state index < -0.39 is 0 Å². The number of nitrogens with zero attached hydrogens (tertiary/aromatic N) is 1. The molecule has 0 aliphatic rings. The Bertz CT molecular complexity index is 299. The van der Waals surface area contributed by atoms with E-state index in [2.05, 4.69) is 45.1 Å². The molecule has 0 bridgehead atoms. The molecule has 98 valence electrons. The van der Waals surface area contributed by atoms with Gasteiger partial charge in [0.2, 0.25) is 0 Å². The van der Waals surface area contributed by atoms with Gasteiger partial charge in [0.1, 0.15) is 6.26 Å². The summed E-state index contributed by atoms with van der Waals surface area (Å²) >= 11 is 0. The quantitative estimate of drug-likeness (QED) is 0.824. The van der Waals surface area contributed by atoms with Crippen molar-refractivity contribution in [3.8, 4) is 0 Å². The van der Waals surface area contributed by atoms with Crippen molar-refractivity contribution in [2.45, 2.75) is 47.6 Å². The van der Waals surface area contributed by atoms with Crippen molar-refractivity contribution < 1.29 is 4.52 Å². The highest BCUT2D eigenvalue weighted by atomic mass is 16.5. The molecule has 3 nitrogen and oxygen atoms in total. The molecule has 1 atom stereocenters. The average molecular weight is 238 g/mol. The summed E-state index contributed by atoms with van der Waals surface area (Å²) in [6, 6.07) is 1.90. The van der Waals surface area contributed by atoms with Gasteiger partial charge in [-0.3, -0.25) is 0 Å². The van der Waals surface area contributed by atoms with Crippen LogP contribution in [-0.2, 0) is 6.54 Å². The van der Waals surface area contributed by atoms with Crippen LogP contribution in [0, 0.1) is 17.3 Å². The third-order valence-corrected chi connectivity index (χ3v) is 3.17. The monoisotopic (exact) mass is 238 g/mol. The zero-order valence-corrected chi connectivity index (χ0v) is 11.8. The Morgan fingerprint density at radius 2 is 2.06 bits per heavy atom. The fourth-order valence-electron chi connectivity index (χ4n) is 2.02. The van der Waals surface area contributed by atoms with Crippen molar-refractivity contribution in [2.75, 3.05) is 6.54 Å². The molecule has 1 N–H and O–H groups in total. The topological polar surface area (TPSA) is 38.1 Å². The Kier molecular flexibility index (Phi) is 5.19. The van der Waals surface area contributed by atoms with Crippen LogP contribution in [0.25, 0.3) is 0 Å². The van der Waals surface area contributed by atoms with E-state index >= 15 is 0 Å². The predicted molar refractivity (Wildman–Crippen MR) is 70.6 cm³/mol. The van der Waals surface area contributed by atoms with Crippen LogP contribution in [0.5, 0.6) is 0 Å². The van der Waals surface area contributed by atoms with Gasteiger partial charge < -0.3 is 9.84 Å². The van der Waals surface area contributed by atoms with Gasteiger partial charge >= 0.3 is 0 Å². The Balaban J connectivity index is 2.39. The molecule has 3 heteroatoms. The lowest BCUT2D eigenvalue weighted by Crippen LogP contribution is -2.32. The van der Waals surface area contributed by atoms with Crippen LogP contribution in [0.2, 0.25) is 0 Å². The summed E-state index contributed by atoms with van der Waals surface area (Å²) in [5.74, 6) is 1.43. The Morgan fingerprint density at radius 3 is 2.53 bits per heavy atom. The standard InChI is InChI=1S/C14H26N2O/c1-11(2)8-12(14(3,4)5)9-15-10-13-6-7-17-16-13/h6-7,11-12,15H,8-10H2,1-5H3. The van der Waals surface area contributed by atoms with Crippen molar-refractivity contribution in [3.05, 3.63) is 18.0 Å². The maximum Gasteiger partial charge on any atom is 0.124 e. The van der Waals surface area contributed by atoms with Gasteiger partial charge in [0.25, 0.3) is 0 Å². The summed E-state index contributed by atoms with van der Waals surface area (Å²) < 4.78 is 4.81. The summed E-state index contributed by atoms with van der Waals surface area (Å²) in [5.41, 5.74) is 1.32. The van der Waals surface area contributed by atoms with Crippen molar-refractivity contribution in [3.63, 3.8) is 0 Å². The first-order valence-corrected chi connectivity index (χ1v) is 6.49. The Labute approximate surface area is 105 Å². The number of aromatic nitrogens is 1. The smallest absolute Gasteiger partial charge is 0.124 e. The number of nitrogens with one attached hydrogen (secondary N) is 1. The van der Waals surface area contributed by atoms with Crippen LogP contribution in [0.3, 0.4) is 0 Å². The summed E-state index contributed by atoms with van der Waals surface area (Å²) in [4.78, 5) is 0. The molecule has 0 aromatic carbocycles. The molecule has 0 amide bonds. The third-order valence-electron chi connectivity index (χ3n) is 3.17. The highest BCUT2D eigenvalue weighted by Crippen LogP contribution is 2.30. The van der Waals surface area contributed by atoms with Crippen LogP contribution < -0.4 is 5.32 Å². The first-order valence-electron chi connectivity index (χ1n) is 6.49. The summed E-state index contributed by atoms with van der Waals surface area (Å²) in [6.45, 7) is 13.4. The Hall–Kier alpha value is -0.830. The fourth-order valence-corrected chi connectivity index (χ4v) is 2.02. The molecule has 1 aromatic rings. The molecule has 17 heavy (non-hydrogen) atoms. The van der Waals surface area contributed by atoms with Gasteiger partial charge in [-0.05, 0) is 30.2 Å². The minimum atomic E-state index is 0.348. The maximum atomic E-state index is 4.81. The molecular formula is C14H26N2O. The summed E-state index contributed by atoms with van der Waals surface area (Å²) in [5, 5.41) is 7.38. The second kappa shape index (κ2) is 6.20. The largest absolute Gasteiger partial charge is 0.364 e. The molecule has 0 saturated heterocycles. The maximum absolute atomic E-state index is 4.81. The van der Waals surface area contributed by atoms with Crippen molar-refractivity contribution >= 4 is 0 Å². The second-order valence-electron chi connectivity index (χ2n) is 6.31. The van der Waals surface area contributed by atoms with E-state index in [4.69, 9.17) is 4.52 Å². The summed E-state index contributed by atoms with van der Waals surface area (Å²) in [6.07, 6.45) is 2.88. The molecule has 1 aromatic heterocycles. The van der Waals surface area contributed by atoms with Crippen LogP contribution in [-0.4, -0.2) is 11.7 Å². The summed E-state index contributed by atoms with van der Waals surface area (Å²) in [7, 11) is 0. The van der Waals surface area contributed by atoms with E-state index in [1.54, 1.807) is 6.26 Å². The lowest BCUT2D eigenvalue weighted by atomic mass is 9.76. The van der Waals surface area contributed by atoms with Crippen LogP contribution in [0.15, 0.2) is 16.9 Å². The molecule has 0 aliphatic carbocycles. The van der Waals surface area contributed by atoms with Crippen LogP contribution in [0.1, 0.15) is 46.7 Å². The lowest BCUT2D eigenvalue weighted by molar-refractivity contribution is 0.197. The van der Waals surface area contributed by atoms with Gasteiger partial charge in [0, 0.05) is 12.6 Å². The van der Waals surface area contributed by atoms with E-state index in [1.165, 1.54) is 6.42 Å². The molecule has 0 saturated carbocycles. The predicted octanol–water partition coefficient (Wildman–Crippen LogP) is 3.47. The van der Waals surface area contributed by atoms with Gasteiger partial charge in [0.15, 0.2) is 0 Å². The fraction of sp³-hybridized carbons (Fsp3) is 0.786. The SMILES string of the molecule is CC(C)CC(CNCc1ccon1)C(C)(C)C. The van der Waals surface area contributed by atoms with Gasteiger partial charge in [0.05, 0.1) is 5.69 Å². The molecule has 0 radical (unpaired) electrons. The van der Waals surface area contributed by atoms with Gasteiger partial charge in [-0.1, -0.05) is 39.8 Å². The van der Waals surface area contributed by atoms with E-state index in [-0.39, 0.29) is 0 Å². The lowest BCUT2D eigenvalue weighted by Gasteiger charge is -2.32. The van der Waals surface area contributed by atoms with Gasteiger partial charge in [-0.25, -0.2) is 0 Å². The van der Waals surface area contributed by atoms with Gasteiger partial charge in [-0.2, -0.15) is 0 Å². The number of hydrogen-bond acceptors (Lipinski definition) is 3. The molecular weight excluding hydrogens is 212 g/mol. The number of hydrogen-bond donors (Lipinski definition) is 1. The molecule has 0 aliphatic heterocycles. The minimum absolute atomic E-state index is 0.348. The van der Waals surface area contributed by atoms with E-state index in [1.807, 2.05) is 6.07 Å². The van der Waals surface area contributed by atoms with Crippen molar-refractivity contribution in [1.29, 1.82) is 0 Å². The normalized spacial score (nSPS) is 14.2. The first-order chi connectivity index (χ1) is 7.89. The molecule has 1 heterocycles. The van der Waals surface area contributed by atoms with Crippen LogP contribution in [0.4, 0.5) is 0 Å². The minimum Gasteiger partial charge on any atom is -0.364 e. The average Bonchev–Trinajstić information content (AvgIpc) is 2.67. The Morgan fingerprint density at radius 1 is 1.35 bits per heavy atom. The van der Waals surface area contributed by atoms with Crippen molar-refractivity contribution in [2.24, 2.45) is 17.3 Å². The zero-order chi connectivity index (χ0) is 12.9. The van der Waals surface area contributed by atoms with E-state index in [9.17, 15) is 0 Å². The molecule has 1 unspecified atom stereocenters. The van der Waals surface area contributed by atoms with E-state index in [0.29, 0.717) is 11.3 Å². The van der Waals surface area contributed by atoms with Gasteiger partial charge in [-0.15, -0.1) is 0 Å². The molecule has 1 rings (SSSR count). The van der Waals surface area contributed by atoms with E-state index in [0.717, 1.165) is 24.7 Å². The zero-order valence-electron chi connectivity index (χ0n) is 11.8. The second-order valence-corrected chi connectivity index (χ2v) is 6.31. The third kappa shape index (κ3) is 5.35. The van der Waals surface area contributed by atoms with Crippen molar-refractivity contribution in [1.82, 2.24) is 10.5 Å².